The second-order valence-corrected chi connectivity index (χ2v) is 5.07. The van der Waals surface area contributed by atoms with E-state index in [0.29, 0.717) is 24.6 Å². The lowest BCUT2D eigenvalue weighted by Gasteiger charge is -2.16. The van der Waals surface area contributed by atoms with Crippen molar-refractivity contribution in [3.05, 3.63) is 34.5 Å². The highest BCUT2D eigenvalue weighted by atomic mass is 16.6. The van der Waals surface area contributed by atoms with Crippen LogP contribution in [0.3, 0.4) is 0 Å². The molecule has 0 bridgehead atoms. The van der Waals surface area contributed by atoms with Crippen LogP contribution in [0.2, 0.25) is 0 Å². The van der Waals surface area contributed by atoms with E-state index in [1.807, 2.05) is 24.6 Å². The molecule has 8 heteroatoms. The molecule has 0 saturated heterocycles. The molecule has 1 atom stereocenters. The van der Waals surface area contributed by atoms with Crippen LogP contribution < -0.4 is 5.32 Å². The first-order chi connectivity index (χ1) is 10.0. The molecule has 0 radical (unpaired) electrons. The molecule has 0 aliphatic rings. The summed E-state index contributed by atoms with van der Waals surface area (Å²) >= 11 is 0. The van der Waals surface area contributed by atoms with E-state index in [0.717, 1.165) is 6.42 Å². The highest BCUT2D eigenvalue weighted by Gasteiger charge is 2.26. The van der Waals surface area contributed by atoms with Gasteiger partial charge in [0.25, 0.3) is 0 Å². The lowest BCUT2D eigenvalue weighted by Crippen LogP contribution is -2.23. The van der Waals surface area contributed by atoms with Crippen LogP contribution in [0, 0.1) is 17.0 Å². The molecule has 21 heavy (non-hydrogen) atoms. The normalized spacial score (nSPS) is 12.3. The van der Waals surface area contributed by atoms with E-state index in [-0.39, 0.29) is 16.7 Å². The third-order valence-electron chi connectivity index (χ3n) is 3.14. The topological polar surface area (TPSA) is 90.8 Å². The third kappa shape index (κ3) is 3.39. The van der Waals surface area contributed by atoms with Crippen molar-refractivity contribution in [2.45, 2.75) is 46.3 Å². The van der Waals surface area contributed by atoms with Crippen molar-refractivity contribution in [3.63, 3.8) is 0 Å². The highest BCUT2D eigenvalue weighted by molar-refractivity contribution is 5.59. The average molecular weight is 292 g/mol. The van der Waals surface area contributed by atoms with Gasteiger partial charge in [-0.25, -0.2) is 9.67 Å². The highest BCUT2D eigenvalue weighted by Crippen LogP contribution is 2.29. The molecule has 0 spiro atoms. The molecule has 2 heterocycles. The number of nitrogens with zero attached hydrogens (tertiary/aromatic N) is 5. The van der Waals surface area contributed by atoms with Crippen molar-refractivity contribution in [2.75, 3.05) is 5.32 Å². The van der Waals surface area contributed by atoms with E-state index >= 15 is 0 Å². The number of hydrogen-bond donors (Lipinski definition) is 1. The predicted octanol–water partition coefficient (Wildman–Crippen LogP) is 2.21. The second-order valence-electron chi connectivity index (χ2n) is 5.07. The number of nitrogens with one attached hydrogen (secondary N) is 1. The fourth-order valence-corrected chi connectivity index (χ4v) is 2.30. The Balaban J connectivity index is 2.22. The zero-order valence-corrected chi connectivity index (χ0v) is 12.5. The summed E-state index contributed by atoms with van der Waals surface area (Å²) in [6.45, 7) is 6.97. The first-order valence-corrected chi connectivity index (χ1v) is 6.97. The summed E-state index contributed by atoms with van der Waals surface area (Å²) in [6, 6.07) is 0.0182. The van der Waals surface area contributed by atoms with E-state index in [2.05, 4.69) is 15.4 Å². The zero-order chi connectivity index (χ0) is 15.4. The molecule has 0 aliphatic heterocycles. The minimum atomic E-state index is -0.374. The smallest absolute Gasteiger partial charge is 0.333 e. The number of imidazole rings is 1. The van der Waals surface area contributed by atoms with Crippen LogP contribution in [0.5, 0.6) is 0 Å². The first kappa shape index (κ1) is 15.0. The standard InChI is InChI=1S/C13H20N6O2/c1-4-6-18-13(12(19(20)21)11(3)16-18)15-10(2)8-17-7-5-14-9-17/h5,7,9-10,15H,4,6,8H2,1-3H3. The van der Waals surface area contributed by atoms with E-state index in [1.54, 1.807) is 24.1 Å². The molecule has 1 unspecified atom stereocenters. The number of aromatic nitrogens is 4. The summed E-state index contributed by atoms with van der Waals surface area (Å²) in [5.74, 6) is 0.479. The first-order valence-electron chi connectivity index (χ1n) is 6.97. The van der Waals surface area contributed by atoms with Crippen LogP contribution in [0.15, 0.2) is 18.7 Å². The van der Waals surface area contributed by atoms with Gasteiger partial charge in [0.05, 0.1) is 11.3 Å². The second kappa shape index (κ2) is 6.38. The summed E-state index contributed by atoms with van der Waals surface area (Å²) in [5.41, 5.74) is 0.492. The van der Waals surface area contributed by atoms with Crippen LogP contribution in [0.4, 0.5) is 11.5 Å². The van der Waals surface area contributed by atoms with Crippen LogP contribution in [0.1, 0.15) is 26.0 Å². The van der Waals surface area contributed by atoms with Gasteiger partial charge in [-0.15, -0.1) is 0 Å². The van der Waals surface area contributed by atoms with Gasteiger partial charge in [0, 0.05) is 31.5 Å². The maximum Gasteiger partial charge on any atom is 0.333 e. The molecule has 8 nitrogen and oxygen atoms in total. The molecule has 0 amide bonds. The monoisotopic (exact) mass is 292 g/mol. The minimum absolute atomic E-state index is 0.0182. The van der Waals surface area contributed by atoms with Gasteiger partial charge in [-0.1, -0.05) is 6.92 Å². The van der Waals surface area contributed by atoms with Crippen molar-refractivity contribution in [1.82, 2.24) is 19.3 Å². The van der Waals surface area contributed by atoms with Gasteiger partial charge in [0.2, 0.25) is 5.82 Å². The summed E-state index contributed by atoms with van der Waals surface area (Å²) < 4.78 is 3.61. The maximum atomic E-state index is 11.3. The lowest BCUT2D eigenvalue weighted by molar-refractivity contribution is -0.384. The average Bonchev–Trinajstić information content (AvgIpc) is 2.99. The summed E-state index contributed by atoms with van der Waals surface area (Å²) in [7, 11) is 0. The predicted molar refractivity (Wildman–Crippen MR) is 79.2 cm³/mol. The van der Waals surface area contributed by atoms with Crippen LogP contribution >= 0.6 is 0 Å². The van der Waals surface area contributed by atoms with Crippen molar-refractivity contribution in [2.24, 2.45) is 0 Å². The van der Waals surface area contributed by atoms with Gasteiger partial charge in [0.15, 0.2) is 0 Å². The number of anilines is 1. The van der Waals surface area contributed by atoms with Gasteiger partial charge in [-0.2, -0.15) is 5.10 Å². The number of hydrogen-bond acceptors (Lipinski definition) is 5. The molecule has 2 aromatic heterocycles. The Morgan fingerprint density at radius 1 is 1.52 bits per heavy atom. The van der Waals surface area contributed by atoms with E-state index < -0.39 is 0 Å². The van der Waals surface area contributed by atoms with Crippen LogP contribution in [-0.4, -0.2) is 30.3 Å². The Morgan fingerprint density at radius 2 is 2.29 bits per heavy atom. The largest absolute Gasteiger partial charge is 0.360 e. The van der Waals surface area contributed by atoms with Crippen LogP contribution in [0.25, 0.3) is 0 Å². The van der Waals surface area contributed by atoms with Gasteiger partial charge >= 0.3 is 5.69 Å². The SMILES string of the molecule is CCCn1nc(C)c([N+](=O)[O-])c1NC(C)Cn1ccnc1. The molecule has 0 saturated carbocycles. The maximum absolute atomic E-state index is 11.3. The molecule has 0 aromatic carbocycles. The molecular formula is C13H20N6O2. The van der Waals surface area contributed by atoms with Gasteiger partial charge in [0.1, 0.15) is 5.69 Å². The Kier molecular flexibility index (Phi) is 4.56. The Morgan fingerprint density at radius 3 is 2.86 bits per heavy atom. The molecule has 2 rings (SSSR count). The van der Waals surface area contributed by atoms with E-state index in [4.69, 9.17) is 0 Å². The molecule has 114 valence electrons. The molecule has 0 aliphatic carbocycles. The Labute approximate surface area is 122 Å². The van der Waals surface area contributed by atoms with Gasteiger partial charge < -0.3 is 9.88 Å². The minimum Gasteiger partial charge on any atom is -0.360 e. The number of nitro groups is 1. The third-order valence-corrected chi connectivity index (χ3v) is 3.14. The van der Waals surface area contributed by atoms with Crippen molar-refractivity contribution < 1.29 is 4.92 Å². The molecular weight excluding hydrogens is 272 g/mol. The fourth-order valence-electron chi connectivity index (χ4n) is 2.30. The molecule has 1 N–H and O–H groups in total. The summed E-state index contributed by atoms with van der Waals surface area (Å²) in [6.07, 6.45) is 6.16. The molecule has 2 aromatic rings. The lowest BCUT2D eigenvalue weighted by atomic mass is 10.3. The quantitative estimate of drug-likeness (QED) is 0.624. The molecule has 0 fully saturated rings. The Bertz CT molecular complexity index is 604. The van der Waals surface area contributed by atoms with Crippen molar-refractivity contribution in [1.29, 1.82) is 0 Å². The van der Waals surface area contributed by atoms with E-state index in [9.17, 15) is 10.1 Å². The van der Waals surface area contributed by atoms with Gasteiger partial charge in [-0.3, -0.25) is 10.1 Å². The van der Waals surface area contributed by atoms with Gasteiger partial charge in [-0.05, 0) is 20.3 Å². The van der Waals surface area contributed by atoms with Crippen molar-refractivity contribution in [3.8, 4) is 0 Å². The van der Waals surface area contributed by atoms with Crippen molar-refractivity contribution >= 4 is 11.5 Å². The summed E-state index contributed by atoms with van der Waals surface area (Å²) in [4.78, 5) is 14.9. The fraction of sp³-hybridized carbons (Fsp3) is 0.538. The zero-order valence-electron chi connectivity index (χ0n) is 12.5. The number of rotatable bonds is 7. The summed E-state index contributed by atoms with van der Waals surface area (Å²) in [5, 5.41) is 18.7. The number of aryl methyl sites for hydroxylation is 2. The Hall–Kier alpha value is -2.38. The van der Waals surface area contributed by atoms with Crippen LogP contribution in [-0.2, 0) is 13.1 Å². The van der Waals surface area contributed by atoms with E-state index in [1.165, 1.54) is 0 Å².